The van der Waals surface area contributed by atoms with Crippen molar-refractivity contribution in [2.75, 3.05) is 12.4 Å². The van der Waals surface area contributed by atoms with Gasteiger partial charge in [-0.25, -0.2) is 0 Å². The largest absolute Gasteiger partial charge is 0.495 e. The first-order valence-electron chi connectivity index (χ1n) is 5.92. The predicted octanol–water partition coefficient (Wildman–Crippen LogP) is 3.98. The van der Waals surface area contributed by atoms with Crippen LogP contribution in [-0.2, 0) is 6.54 Å². The number of anilines is 1. The van der Waals surface area contributed by atoms with Crippen molar-refractivity contribution in [2.24, 2.45) is 0 Å². The molecule has 1 N–H and O–H groups in total. The highest BCUT2D eigenvalue weighted by Crippen LogP contribution is 2.30. The molecule has 2 rings (SSSR count). The third-order valence-electron chi connectivity index (χ3n) is 2.83. The molecule has 0 aliphatic heterocycles. The van der Waals surface area contributed by atoms with Crippen LogP contribution in [0.3, 0.4) is 0 Å². The Labute approximate surface area is 124 Å². The van der Waals surface area contributed by atoms with Gasteiger partial charge >= 0.3 is 0 Å². The standard InChI is InChI=1S/C14H13BrN2O3/c1-20-13-8-3-2-6-11(13)16-9-10-5-4-7-12(14(10)15)17(18)19/h2-8,16H,9H2,1H3. The van der Waals surface area contributed by atoms with E-state index in [9.17, 15) is 10.1 Å². The van der Waals surface area contributed by atoms with Gasteiger partial charge in [0.15, 0.2) is 0 Å². The molecule has 0 aliphatic carbocycles. The molecule has 0 atom stereocenters. The number of halogens is 1. The second-order valence-electron chi connectivity index (χ2n) is 4.06. The van der Waals surface area contributed by atoms with Gasteiger partial charge in [-0.05, 0) is 33.6 Å². The maximum atomic E-state index is 10.9. The molecule has 0 bridgehead atoms. The highest BCUT2D eigenvalue weighted by atomic mass is 79.9. The van der Waals surface area contributed by atoms with E-state index in [0.29, 0.717) is 11.0 Å². The fourth-order valence-corrected chi connectivity index (χ4v) is 2.37. The van der Waals surface area contributed by atoms with Crippen molar-refractivity contribution in [2.45, 2.75) is 6.54 Å². The van der Waals surface area contributed by atoms with Gasteiger partial charge in [0, 0.05) is 12.6 Å². The van der Waals surface area contributed by atoms with Gasteiger partial charge in [0.1, 0.15) is 10.2 Å². The molecular formula is C14H13BrN2O3. The lowest BCUT2D eigenvalue weighted by Crippen LogP contribution is -2.03. The first-order valence-corrected chi connectivity index (χ1v) is 6.71. The number of methoxy groups -OCH3 is 1. The zero-order chi connectivity index (χ0) is 14.5. The summed E-state index contributed by atoms with van der Waals surface area (Å²) in [6, 6.07) is 12.5. The number of ether oxygens (including phenoxy) is 1. The van der Waals surface area contributed by atoms with Crippen molar-refractivity contribution in [3.05, 3.63) is 62.6 Å². The summed E-state index contributed by atoms with van der Waals surface area (Å²) in [5.74, 6) is 0.731. The summed E-state index contributed by atoms with van der Waals surface area (Å²) < 4.78 is 5.74. The molecule has 20 heavy (non-hydrogen) atoms. The lowest BCUT2D eigenvalue weighted by atomic mass is 10.2. The van der Waals surface area contributed by atoms with Crippen LogP contribution >= 0.6 is 15.9 Å². The fraction of sp³-hybridized carbons (Fsp3) is 0.143. The van der Waals surface area contributed by atoms with E-state index in [0.717, 1.165) is 17.0 Å². The van der Waals surface area contributed by atoms with Gasteiger partial charge < -0.3 is 10.1 Å². The molecule has 0 unspecified atom stereocenters. The Kier molecular flexibility index (Phi) is 4.57. The Hall–Kier alpha value is -2.08. The summed E-state index contributed by atoms with van der Waals surface area (Å²) >= 11 is 3.28. The number of nitrogens with one attached hydrogen (secondary N) is 1. The summed E-state index contributed by atoms with van der Waals surface area (Å²) in [6.07, 6.45) is 0. The molecule has 0 saturated carbocycles. The molecule has 0 saturated heterocycles. The molecule has 0 aromatic heterocycles. The monoisotopic (exact) mass is 336 g/mol. The first kappa shape index (κ1) is 14.3. The zero-order valence-corrected chi connectivity index (χ0v) is 12.4. The van der Waals surface area contributed by atoms with Crippen LogP contribution in [0.25, 0.3) is 0 Å². The predicted molar refractivity (Wildman–Crippen MR) is 81.1 cm³/mol. The topological polar surface area (TPSA) is 64.4 Å². The minimum absolute atomic E-state index is 0.0596. The van der Waals surface area contributed by atoms with E-state index in [2.05, 4.69) is 21.2 Å². The van der Waals surface area contributed by atoms with Crippen LogP contribution in [-0.4, -0.2) is 12.0 Å². The lowest BCUT2D eigenvalue weighted by Gasteiger charge is -2.11. The van der Waals surface area contributed by atoms with Gasteiger partial charge in [-0.2, -0.15) is 0 Å². The van der Waals surface area contributed by atoms with Crippen LogP contribution in [0.1, 0.15) is 5.56 Å². The summed E-state index contributed by atoms with van der Waals surface area (Å²) in [7, 11) is 1.60. The van der Waals surface area contributed by atoms with E-state index in [1.807, 2.05) is 30.3 Å². The van der Waals surface area contributed by atoms with E-state index in [-0.39, 0.29) is 5.69 Å². The number of nitro groups is 1. The summed E-state index contributed by atoms with van der Waals surface area (Å²) in [5, 5.41) is 14.1. The van der Waals surface area contributed by atoms with Gasteiger partial charge in [0.05, 0.1) is 17.7 Å². The molecule has 0 fully saturated rings. The second-order valence-corrected chi connectivity index (χ2v) is 4.85. The maximum absolute atomic E-state index is 10.9. The maximum Gasteiger partial charge on any atom is 0.283 e. The molecule has 2 aromatic carbocycles. The molecular weight excluding hydrogens is 324 g/mol. The average Bonchev–Trinajstić information content (AvgIpc) is 2.46. The van der Waals surface area contributed by atoms with Gasteiger partial charge in [0.2, 0.25) is 0 Å². The van der Waals surface area contributed by atoms with E-state index in [4.69, 9.17) is 4.74 Å². The van der Waals surface area contributed by atoms with Crippen LogP contribution in [0, 0.1) is 10.1 Å². The molecule has 0 radical (unpaired) electrons. The SMILES string of the molecule is COc1ccccc1NCc1cccc([N+](=O)[O-])c1Br. The molecule has 6 heteroatoms. The number of rotatable bonds is 5. The van der Waals surface area contributed by atoms with Crippen molar-refractivity contribution in [3.8, 4) is 5.75 Å². The normalized spacial score (nSPS) is 10.1. The molecule has 2 aromatic rings. The Morgan fingerprint density at radius 1 is 1.25 bits per heavy atom. The molecule has 0 heterocycles. The van der Waals surface area contributed by atoms with Crippen molar-refractivity contribution in [3.63, 3.8) is 0 Å². The Bertz CT molecular complexity index is 632. The highest BCUT2D eigenvalue weighted by Gasteiger charge is 2.14. The van der Waals surface area contributed by atoms with E-state index in [1.54, 1.807) is 13.2 Å². The first-order chi connectivity index (χ1) is 9.63. The number of para-hydroxylation sites is 2. The quantitative estimate of drug-likeness (QED) is 0.662. The van der Waals surface area contributed by atoms with Gasteiger partial charge in [-0.15, -0.1) is 0 Å². The number of hydrogen-bond acceptors (Lipinski definition) is 4. The number of hydrogen-bond donors (Lipinski definition) is 1. The van der Waals surface area contributed by atoms with E-state index >= 15 is 0 Å². The number of benzene rings is 2. The van der Waals surface area contributed by atoms with Crippen molar-refractivity contribution >= 4 is 27.3 Å². The highest BCUT2D eigenvalue weighted by molar-refractivity contribution is 9.10. The van der Waals surface area contributed by atoms with Crippen molar-refractivity contribution < 1.29 is 9.66 Å². The van der Waals surface area contributed by atoms with Gasteiger partial charge in [-0.1, -0.05) is 24.3 Å². The van der Waals surface area contributed by atoms with Gasteiger partial charge in [-0.3, -0.25) is 10.1 Å². The summed E-state index contributed by atoms with van der Waals surface area (Å²) in [6.45, 7) is 0.461. The number of nitrogens with zero attached hydrogens (tertiary/aromatic N) is 1. The Balaban J connectivity index is 2.19. The summed E-state index contributed by atoms with van der Waals surface area (Å²) in [5.41, 5.74) is 1.71. The van der Waals surface area contributed by atoms with E-state index in [1.165, 1.54) is 6.07 Å². The van der Waals surface area contributed by atoms with Crippen LogP contribution in [0.4, 0.5) is 11.4 Å². The molecule has 104 valence electrons. The van der Waals surface area contributed by atoms with E-state index < -0.39 is 4.92 Å². The average molecular weight is 337 g/mol. The third kappa shape index (κ3) is 3.08. The van der Waals surface area contributed by atoms with Gasteiger partial charge in [0.25, 0.3) is 5.69 Å². The molecule has 0 amide bonds. The summed E-state index contributed by atoms with van der Waals surface area (Å²) in [4.78, 5) is 10.5. The number of nitro benzene ring substituents is 1. The minimum atomic E-state index is -0.406. The minimum Gasteiger partial charge on any atom is -0.495 e. The zero-order valence-electron chi connectivity index (χ0n) is 10.8. The Morgan fingerprint density at radius 3 is 2.70 bits per heavy atom. The third-order valence-corrected chi connectivity index (χ3v) is 3.75. The van der Waals surface area contributed by atoms with Crippen LogP contribution < -0.4 is 10.1 Å². The smallest absolute Gasteiger partial charge is 0.283 e. The van der Waals surface area contributed by atoms with Crippen LogP contribution in [0.2, 0.25) is 0 Å². The molecule has 0 aliphatic rings. The van der Waals surface area contributed by atoms with Crippen molar-refractivity contribution in [1.29, 1.82) is 0 Å². The fourth-order valence-electron chi connectivity index (χ4n) is 1.82. The molecule has 0 spiro atoms. The second kappa shape index (κ2) is 6.38. The van der Waals surface area contributed by atoms with Crippen LogP contribution in [0.5, 0.6) is 5.75 Å². The van der Waals surface area contributed by atoms with Crippen molar-refractivity contribution in [1.82, 2.24) is 0 Å². The molecule has 5 nitrogen and oxygen atoms in total. The van der Waals surface area contributed by atoms with Crippen LogP contribution in [0.15, 0.2) is 46.9 Å². The Morgan fingerprint density at radius 2 is 2.00 bits per heavy atom. The lowest BCUT2D eigenvalue weighted by molar-refractivity contribution is -0.385.